The van der Waals surface area contributed by atoms with Crippen LogP contribution in [-0.4, -0.2) is 31.9 Å². The van der Waals surface area contributed by atoms with E-state index in [1.807, 2.05) is 36.4 Å². The van der Waals surface area contributed by atoms with Crippen LogP contribution in [0.15, 0.2) is 48.5 Å². The van der Waals surface area contributed by atoms with E-state index in [-0.39, 0.29) is 0 Å². The lowest BCUT2D eigenvalue weighted by Crippen LogP contribution is -2.20. The standard InChI is InChI=1S/C18H21NO3/c1-19(10-5-11-20-16-6-3-2-4-7-16)13-15-8-9-17-18(12-15)22-14-21-17/h2-4,6-9,12H,5,10-11,13-14H2,1H3. The van der Waals surface area contributed by atoms with Gasteiger partial charge in [0, 0.05) is 13.1 Å². The summed E-state index contributed by atoms with van der Waals surface area (Å²) in [5.74, 6) is 2.61. The molecule has 0 saturated carbocycles. The summed E-state index contributed by atoms with van der Waals surface area (Å²) in [5.41, 5.74) is 1.23. The lowest BCUT2D eigenvalue weighted by atomic mass is 10.2. The van der Waals surface area contributed by atoms with Gasteiger partial charge in [-0.25, -0.2) is 0 Å². The lowest BCUT2D eigenvalue weighted by Gasteiger charge is -2.17. The fraction of sp³-hybridized carbons (Fsp3) is 0.333. The molecule has 1 heterocycles. The number of rotatable bonds is 7. The van der Waals surface area contributed by atoms with Crippen LogP contribution >= 0.6 is 0 Å². The number of ether oxygens (including phenoxy) is 3. The maximum Gasteiger partial charge on any atom is 0.231 e. The molecule has 4 heteroatoms. The van der Waals surface area contributed by atoms with Gasteiger partial charge in [0.15, 0.2) is 11.5 Å². The van der Waals surface area contributed by atoms with Crippen LogP contribution in [0.25, 0.3) is 0 Å². The molecule has 116 valence electrons. The Hall–Kier alpha value is -2.20. The third-order valence-corrected chi connectivity index (χ3v) is 3.59. The Morgan fingerprint density at radius 2 is 1.86 bits per heavy atom. The van der Waals surface area contributed by atoms with E-state index in [9.17, 15) is 0 Å². The van der Waals surface area contributed by atoms with Crippen LogP contribution in [0, 0.1) is 0 Å². The SMILES string of the molecule is CN(CCCOc1ccccc1)Cc1ccc2c(c1)OCO2. The van der Waals surface area contributed by atoms with E-state index in [0.717, 1.165) is 43.4 Å². The van der Waals surface area contributed by atoms with Crippen molar-refractivity contribution in [2.24, 2.45) is 0 Å². The first-order valence-corrected chi connectivity index (χ1v) is 7.56. The monoisotopic (exact) mass is 299 g/mol. The largest absolute Gasteiger partial charge is 0.494 e. The number of hydrogen-bond donors (Lipinski definition) is 0. The van der Waals surface area contributed by atoms with Crippen LogP contribution in [0.2, 0.25) is 0 Å². The zero-order valence-corrected chi connectivity index (χ0v) is 12.8. The minimum Gasteiger partial charge on any atom is -0.494 e. The Kier molecular flexibility index (Phi) is 4.81. The molecule has 0 atom stereocenters. The number of benzene rings is 2. The van der Waals surface area contributed by atoms with Crippen LogP contribution in [0.3, 0.4) is 0 Å². The van der Waals surface area contributed by atoms with Crippen LogP contribution in [0.1, 0.15) is 12.0 Å². The molecule has 0 aromatic heterocycles. The average Bonchev–Trinajstić information content (AvgIpc) is 3.00. The Morgan fingerprint density at radius 3 is 2.73 bits per heavy atom. The molecular weight excluding hydrogens is 278 g/mol. The van der Waals surface area contributed by atoms with Gasteiger partial charge < -0.3 is 19.1 Å². The van der Waals surface area contributed by atoms with Crippen LogP contribution in [0.4, 0.5) is 0 Å². The minimum atomic E-state index is 0.325. The van der Waals surface area contributed by atoms with Crippen molar-refractivity contribution in [2.75, 3.05) is 27.0 Å². The fourth-order valence-electron chi connectivity index (χ4n) is 2.47. The summed E-state index contributed by atoms with van der Waals surface area (Å²) in [7, 11) is 2.12. The van der Waals surface area contributed by atoms with Crippen molar-refractivity contribution in [1.82, 2.24) is 4.90 Å². The van der Waals surface area contributed by atoms with Gasteiger partial charge in [-0.05, 0) is 43.3 Å². The predicted octanol–water partition coefficient (Wildman–Crippen LogP) is 3.32. The van der Waals surface area contributed by atoms with E-state index < -0.39 is 0 Å². The third-order valence-electron chi connectivity index (χ3n) is 3.59. The highest BCUT2D eigenvalue weighted by Gasteiger charge is 2.13. The third kappa shape index (κ3) is 3.92. The van der Waals surface area contributed by atoms with Crippen molar-refractivity contribution in [3.8, 4) is 17.2 Å². The number of nitrogens with zero attached hydrogens (tertiary/aromatic N) is 1. The lowest BCUT2D eigenvalue weighted by molar-refractivity contribution is 0.174. The molecule has 0 unspecified atom stereocenters. The molecule has 1 aliphatic heterocycles. The first-order chi connectivity index (χ1) is 10.8. The van der Waals surface area contributed by atoms with Crippen molar-refractivity contribution in [1.29, 1.82) is 0 Å². The summed E-state index contributed by atoms with van der Waals surface area (Å²) in [6.07, 6.45) is 0.996. The molecule has 3 rings (SSSR count). The zero-order valence-electron chi connectivity index (χ0n) is 12.8. The Labute approximate surface area is 131 Å². The highest BCUT2D eigenvalue weighted by Crippen LogP contribution is 2.32. The second-order valence-corrected chi connectivity index (χ2v) is 5.44. The maximum absolute atomic E-state index is 5.70. The average molecular weight is 299 g/mol. The molecule has 0 radical (unpaired) electrons. The molecule has 2 aromatic carbocycles. The second-order valence-electron chi connectivity index (χ2n) is 5.44. The van der Waals surface area contributed by atoms with E-state index >= 15 is 0 Å². The van der Waals surface area contributed by atoms with Crippen molar-refractivity contribution >= 4 is 0 Å². The Bertz CT molecular complexity index is 601. The normalized spacial score (nSPS) is 12.6. The maximum atomic E-state index is 5.70. The quantitative estimate of drug-likeness (QED) is 0.734. The summed E-state index contributed by atoms with van der Waals surface area (Å²) in [6, 6.07) is 16.1. The first-order valence-electron chi connectivity index (χ1n) is 7.56. The van der Waals surface area contributed by atoms with E-state index in [2.05, 4.69) is 24.1 Å². The fourth-order valence-corrected chi connectivity index (χ4v) is 2.47. The Morgan fingerprint density at radius 1 is 1.05 bits per heavy atom. The van der Waals surface area contributed by atoms with Gasteiger partial charge in [-0.15, -0.1) is 0 Å². The smallest absolute Gasteiger partial charge is 0.231 e. The summed E-state index contributed by atoms with van der Waals surface area (Å²) >= 11 is 0. The molecule has 0 amide bonds. The number of hydrogen-bond acceptors (Lipinski definition) is 4. The summed E-state index contributed by atoms with van der Waals surface area (Å²) in [6.45, 7) is 2.93. The highest BCUT2D eigenvalue weighted by atomic mass is 16.7. The number of fused-ring (bicyclic) bond motifs is 1. The van der Waals surface area contributed by atoms with Gasteiger partial charge in [0.2, 0.25) is 6.79 Å². The Balaban J connectivity index is 1.40. The van der Waals surface area contributed by atoms with Gasteiger partial charge in [0.25, 0.3) is 0 Å². The minimum absolute atomic E-state index is 0.325. The number of para-hydroxylation sites is 1. The molecule has 0 spiro atoms. The zero-order chi connectivity index (χ0) is 15.2. The van der Waals surface area contributed by atoms with Crippen molar-refractivity contribution < 1.29 is 14.2 Å². The summed E-state index contributed by atoms with van der Waals surface area (Å²) < 4.78 is 16.4. The first kappa shape index (κ1) is 14.7. The van der Waals surface area contributed by atoms with Crippen molar-refractivity contribution in [3.63, 3.8) is 0 Å². The van der Waals surface area contributed by atoms with E-state index in [1.165, 1.54) is 5.56 Å². The highest BCUT2D eigenvalue weighted by molar-refractivity contribution is 5.44. The predicted molar refractivity (Wildman–Crippen MR) is 85.5 cm³/mol. The van der Waals surface area contributed by atoms with Crippen molar-refractivity contribution in [2.45, 2.75) is 13.0 Å². The van der Waals surface area contributed by atoms with Gasteiger partial charge in [-0.2, -0.15) is 0 Å². The van der Waals surface area contributed by atoms with E-state index in [4.69, 9.17) is 14.2 Å². The van der Waals surface area contributed by atoms with E-state index in [0.29, 0.717) is 6.79 Å². The molecule has 0 aliphatic carbocycles. The molecule has 0 fully saturated rings. The molecule has 2 aromatic rings. The summed E-state index contributed by atoms with van der Waals surface area (Å²) in [5, 5.41) is 0. The molecule has 1 aliphatic rings. The van der Waals surface area contributed by atoms with Crippen LogP contribution < -0.4 is 14.2 Å². The van der Waals surface area contributed by atoms with E-state index in [1.54, 1.807) is 0 Å². The topological polar surface area (TPSA) is 30.9 Å². The molecule has 0 N–H and O–H groups in total. The van der Waals surface area contributed by atoms with Crippen molar-refractivity contribution in [3.05, 3.63) is 54.1 Å². The van der Waals surface area contributed by atoms with Crippen LogP contribution in [0.5, 0.6) is 17.2 Å². The molecule has 0 saturated heterocycles. The van der Waals surface area contributed by atoms with Gasteiger partial charge in [0.1, 0.15) is 5.75 Å². The second kappa shape index (κ2) is 7.18. The molecule has 4 nitrogen and oxygen atoms in total. The van der Waals surface area contributed by atoms with Gasteiger partial charge in [0.05, 0.1) is 6.61 Å². The van der Waals surface area contributed by atoms with Gasteiger partial charge >= 0.3 is 0 Å². The molecular formula is C18H21NO3. The molecule has 0 bridgehead atoms. The van der Waals surface area contributed by atoms with Gasteiger partial charge in [-0.3, -0.25) is 0 Å². The van der Waals surface area contributed by atoms with Gasteiger partial charge in [-0.1, -0.05) is 24.3 Å². The summed E-state index contributed by atoms with van der Waals surface area (Å²) in [4.78, 5) is 2.28. The molecule has 22 heavy (non-hydrogen) atoms. The van der Waals surface area contributed by atoms with Crippen LogP contribution in [-0.2, 0) is 6.54 Å².